The second-order valence-corrected chi connectivity index (χ2v) is 3.74. The molecule has 0 bridgehead atoms. The third kappa shape index (κ3) is 7.50. The first-order valence-corrected chi connectivity index (χ1v) is 4.34. The van der Waals surface area contributed by atoms with Gasteiger partial charge in [-0.05, 0) is 33.6 Å². The molecule has 0 aliphatic carbocycles. The van der Waals surface area contributed by atoms with Crippen LogP contribution >= 0.6 is 0 Å². The molecular formula is C10H17FO2. The van der Waals surface area contributed by atoms with Crippen molar-refractivity contribution < 1.29 is 13.9 Å². The summed E-state index contributed by atoms with van der Waals surface area (Å²) in [7, 11) is 0. The van der Waals surface area contributed by atoms with Crippen LogP contribution in [0.25, 0.3) is 0 Å². The SMILES string of the molecule is C=C(C)C(=O)OCCCC(C)(C)F. The number of rotatable bonds is 5. The van der Waals surface area contributed by atoms with Crippen molar-refractivity contribution in [2.45, 2.75) is 39.3 Å². The molecule has 76 valence electrons. The summed E-state index contributed by atoms with van der Waals surface area (Å²) in [5, 5.41) is 0. The average molecular weight is 188 g/mol. The molecule has 0 saturated heterocycles. The summed E-state index contributed by atoms with van der Waals surface area (Å²) in [6.07, 6.45) is 0.943. The second kappa shape index (κ2) is 5.00. The predicted octanol–water partition coefficient (Wildman–Crippen LogP) is 2.63. The minimum Gasteiger partial charge on any atom is -0.462 e. The van der Waals surface area contributed by atoms with E-state index in [1.165, 1.54) is 13.8 Å². The molecule has 0 heterocycles. The lowest BCUT2D eigenvalue weighted by atomic mass is 10.1. The van der Waals surface area contributed by atoms with E-state index >= 15 is 0 Å². The Morgan fingerprint density at radius 1 is 1.54 bits per heavy atom. The fraction of sp³-hybridized carbons (Fsp3) is 0.700. The molecule has 0 aromatic heterocycles. The highest BCUT2D eigenvalue weighted by molar-refractivity contribution is 5.86. The summed E-state index contributed by atoms with van der Waals surface area (Å²) < 4.78 is 17.7. The number of halogens is 1. The van der Waals surface area contributed by atoms with Crippen molar-refractivity contribution in [1.29, 1.82) is 0 Å². The molecule has 0 saturated carbocycles. The first-order chi connectivity index (χ1) is 5.83. The zero-order chi connectivity index (χ0) is 10.5. The van der Waals surface area contributed by atoms with Gasteiger partial charge in [0.2, 0.25) is 0 Å². The standard InChI is InChI=1S/C10H17FO2/c1-8(2)9(12)13-7-5-6-10(3,4)11/h1,5-7H2,2-4H3. The number of hydrogen-bond acceptors (Lipinski definition) is 2. The molecule has 0 aromatic rings. The quantitative estimate of drug-likeness (QED) is 0.376. The van der Waals surface area contributed by atoms with Crippen molar-refractivity contribution in [2.75, 3.05) is 6.61 Å². The van der Waals surface area contributed by atoms with Crippen LogP contribution in [0.3, 0.4) is 0 Å². The Morgan fingerprint density at radius 2 is 2.08 bits per heavy atom. The Labute approximate surface area is 78.8 Å². The van der Waals surface area contributed by atoms with Gasteiger partial charge in [0.15, 0.2) is 0 Å². The maximum atomic E-state index is 12.9. The van der Waals surface area contributed by atoms with Gasteiger partial charge >= 0.3 is 5.97 Å². The smallest absolute Gasteiger partial charge is 0.333 e. The normalized spacial score (nSPS) is 11.1. The van der Waals surface area contributed by atoms with Gasteiger partial charge < -0.3 is 4.74 Å². The van der Waals surface area contributed by atoms with Gasteiger partial charge in [-0.2, -0.15) is 0 Å². The summed E-state index contributed by atoms with van der Waals surface area (Å²) in [5.74, 6) is -0.406. The summed E-state index contributed by atoms with van der Waals surface area (Å²) in [4.78, 5) is 10.9. The van der Waals surface area contributed by atoms with Crippen molar-refractivity contribution in [2.24, 2.45) is 0 Å². The zero-order valence-electron chi connectivity index (χ0n) is 8.52. The number of hydrogen-bond donors (Lipinski definition) is 0. The Kier molecular flexibility index (Phi) is 4.67. The lowest BCUT2D eigenvalue weighted by Gasteiger charge is -2.13. The number of carbonyl (C=O) groups excluding carboxylic acids is 1. The van der Waals surface area contributed by atoms with E-state index in [2.05, 4.69) is 6.58 Å². The fourth-order valence-electron chi connectivity index (χ4n) is 0.781. The van der Waals surface area contributed by atoms with Gasteiger partial charge in [-0.3, -0.25) is 0 Å². The van der Waals surface area contributed by atoms with E-state index in [-0.39, 0.29) is 6.61 Å². The van der Waals surface area contributed by atoms with Crippen LogP contribution in [0.1, 0.15) is 33.6 Å². The van der Waals surface area contributed by atoms with Crippen LogP contribution in [0.5, 0.6) is 0 Å². The van der Waals surface area contributed by atoms with Crippen molar-refractivity contribution in [3.8, 4) is 0 Å². The summed E-state index contributed by atoms with van der Waals surface area (Å²) in [6.45, 7) is 8.30. The van der Waals surface area contributed by atoms with E-state index in [1.807, 2.05) is 0 Å². The topological polar surface area (TPSA) is 26.3 Å². The van der Waals surface area contributed by atoms with E-state index < -0.39 is 11.6 Å². The van der Waals surface area contributed by atoms with Crippen molar-refractivity contribution >= 4 is 5.97 Å². The van der Waals surface area contributed by atoms with Crippen LogP contribution in [-0.4, -0.2) is 18.2 Å². The van der Waals surface area contributed by atoms with Crippen molar-refractivity contribution in [1.82, 2.24) is 0 Å². The lowest BCUT2D eigenvalue weighted by molar-refractivity contribution is -0.139. The third-order valence-corrected chi connectivity index (χ3v) is 1.50. The molecule has 0 unspecified atom stereocenters. The van der Waals surface area contributed by atoms with E-state index in [1.54, 1.807) is 6.92 Å². The summed E-state index contributed by atoms with van der Waals surface area (Å²) >= 11 is 0. The number of esters is 1. The van der Waals surface area contributed by atoms with E-state index in [4.69, 9.17) is 4.74 Å². The first-order valence-electron chi connectivity index (χ1n) is 4.34. The maximum absolute atomic E-state index is 12.9. The molecule has 3 heteroatoms. The Morgan fingerprint density at radius 3 is 2.46 bits per heavy atom. The Hall–Kier alpha value is -0.860. The van der Waals surface area contributed by atoms with Crippen LogP contribution in [0.4, 0.5) is 4.39 Å². The minimum absolute atomic E-state index is 0.263. The molecule has 0 aliphatic rings. The molecule has 2 nitrogen and oxygen atoms in total. The fourth-order valence-corrected chi connectivity index (χ4v) is 0.781. The summed E-state index contributed by atoms with van der Waals surface area (Å²) in [6, 6.07) is 0. The first kappa shape index (κ1) is 12.1. The molecule has 0 N–H and O–H groups in total. The Balaban J connectivity index is 3.47. The molecule has 0 spiro atoms. The van der Waals surface area contributed by atoms with Gasteiger partial charge in [0.25, 0.3) is 0 Å². The highest BCUT2D eigenvalue weighted by Crippen LogP contribution is 2.15. The van der Waals surface area contributed by atoms with E-state index in [0.717, 1.165) is 0 Å². The van der Waals surface area contributed by atoms with E-state index in [0.29, 0.717) is 18.4 Å². The highest BCUT2D eigenvalue weighted by atomic mass is 19.1. The van der Waals surface area contributed by atoms with Gasteiger partial charge in [0.1, 0.15) is 5.67 Å². The van der Waals surface area contributed by atoms with E-state index in [9.17, 15) is 9.18 Å². The van der Waals surface area contributed by atoms with Gasteiger partial charge in [0, 0.05) is 5.57 Å². The number of alkyl halides is 1. The molecular weight excluding hydrogens is 171 g/mol. The van der Waals surface area contributed by atoms with Crippen molar-refractivity contribution in [3.05, 3.63) is 12.2 Å². The number of carbonyl (C=O) groups is 1. The molecule has 0 aliphatic heterocycles. The molecule has 0 fully saturated rings. The highest BCUT2D eigenvalue weighted by Gasteiger charge is 2.14. The third-order valence-electron chi connectivity index (χ3n) is 1.50. The molecule has 0 aromatic carbocycles. The predicted molar refractivity (Wildman–Crippen MR) is 50.2 cm³/mol. The maximum Gasteiger partial charge on any atom is 0.333 e. The molecule has 0 amide bonds. The minimum atomic E-state index is -1.18. The lowest BCUT2D eigenvalue weighted by Crippen LogP contribution is -2.14. The van der Waals surface area contributed by atoms with Crippen LogP contribution in [-0.2, 0) is 9.53 Å². The number of ether oxygens (including phenoxy) is 1. The molecule has 0 rings (SSSR count). The summed E-state index contributed by atoms with van der Waals surface area (Å²) in [5.41, 5.74) is -0.810. The van der Waals surface area contributed by atoms with Crippen LogP contribution in [0, 0.1) is 0 Å². The second-order valence-electron chi connectivity index (χ2n) is 3.74. The molecule has 13 heavy (non-hydrogen) atoms. The van der Waals surface area contributed by atoms with Gasteiger partial charge in [-0.1, -0.05) is 6.58 Å². The average Bonchev–Trinajstić information content (AvgIpc) is 1.95. The van der Waals surface area contributed by atoms with Gasteiger partial charge in [0.05, 0.1) is 6.61 Å². The monoisotopic (exact) mass is 188 g/mol. The van der Waals surface area contributed by atoms with Crippen LogP contribution in [0.15, 0.2) is 12.2 Å². The largest absolute Gasteiger partial charge is 0.462 e. The van der Waals surface area contributed by atoms with Crippen LogP contribution < -0.4 is 0 Å². The zero-order valence-corrected chi connectivity index (χ0v) is 8.52. The van der Waals surface area contributed by atoms with Crippen LogP contribution in [0.2, 0.25) is 0 Å². The molecule has 0 radical (unpaired) electrons. The van der Waals surface area contributed by atoms with Crippen molar-refractivity contribution in [3.63, 3.8) is 0 Å². The Bertz CT molecular complexity index is 192. The molecule has 0 atom stereocenters. The van der Waals surface area contributed by atoms with Gasteiger partial charge in [-0.15, -0.1) is 0 Å². The van der Waals surface area contributed by atoms with Gasteiger partial charge in [-0.25, -0.2) is 9.18 Å².